The third kappa shape index (κ3) is 5.76. The van der Waals surface area contributed by atoms with Crippen molar-refractivity contribution in [2.75, 3.05) is 0 Å². The molecule has 1 fully saturated rings. The lowest BCUT2D eigenvalue weighted by molar-refractivity contribution is -0.115. The number of amides is 1. The maximum Gasteiger partial charge on any atom is 0.264 e. The van der Waals surface area contributed by atoms with E-state index in [0.29, 0.717) is 33.1 Å². The van der Waals surface area contributed by atoms with Gasteiger partial charge in [0.2, 0.25) is 0 Å². The fourth-order valence-corrected chi connectivity index (χ4v) is 4.10. The van der Waals surface area contributed by atoms with E-state index in [2.05, 4.69) is 26.2 Å². The maximum atomic E-state index is 13.1. The smallest absolute Gasteiger partial charge is 0.264 e. The van der Waals surface area contributed by atoms with Crippen molar-refractivity contribution in [1.29, 1.82) is 0 Å². The number of benzene rings is 3. The van der Waals surface area contributed by atoms with Crippen molar-refractivity contribution < 1.29 is 13.9 Å². The molecule has 4 rings (SSSR count). The van der Waals surface area contributed by atoms with Gasteiger partial charge in [-0.3, -0.25) is 4.79 Å². The van der Waals surface area contributed by atoms with E-state index in [1.165, 1.54) is 23.9 Å². The van der Waals surface area contributed by atoms with E-state index in [0.717, 1.165) is 15.6 Å². The number of carbonyl (C=O) groups excluding carboxylic acids is 1. The fraction of sp³-hybridized carbons (Fsp3) is 0.0435. The zero-order valence-corrected chi connectivity index (χ0v) is 19.1. The number of thioether (sulfide) groups is 1. The Morgan fingerprint density at radius 1 is 1.10 bits per heavy atom. The summed E-state index contributed by atoms with van der Waals surface area (Å²) in [5, 5.41) is 3.83. The highest BCUT2D eigenvalue weighted by Gasteiger charge is 2.24. The van der Waals surface area contributed by atoms with Gasteiger partial charge in [-0.2, -0.15) is 0 Å². The van der Waals surface area contributed by atoms with Crippen LogP contribution in [0.1, 0.15) is 11.1 Å². The van der Waals surface area contributed by atoms with E-state index in [9.17, 15) is 9.18 Å². The molecule has 0 aromatic heterocycles. The molecular formula is C23H15BrClFN2O2S. The summed E-state index contributed by atoms with van der Waals surface area (Å²) in [5.41, 5.74) is 2.29. The van der Waals surface area contributed by atoms with Gasteiger partial charge in [-0.05, 0) is 78.0 Å². The Labute approximate surface area is 196 Å². The molecule has 1 saturated heterocycles. The zero-order valence-electron chi connectivity index (χ0n) is 15.9. The number of hydrogen-bond donors (Lipinski definition) is 1. The van der Waals surface area contributed by atoms with Crippen LogP contribution in [0.2, 0.25) is 5.02 Å². The van der Waals surface area contributed by atoms with Crippen LogP contribution < -0.4 is 10.1 Å². The summed E-state index contributed by atoms with van der Waals surface area (Å²) < 4.78 is 19.9. The lowest BCUT2D eigenvalue weighted by Crippen LogP contribution is -2.19. The van der Waals surface area contributed by atoms with Gasteiger partial charge in [-0.15, -0.1) is 0 Å². The van der Waals surface area contributed by atoms with Crippen LogP contribution in [0.4, 0.5) is 10.1 Å². The highest BCUT2D eigenvalue weighted by molar-refractivity contribution is 9.10. The van der Waals surface area contributed by atoms with Gasteiger partial charge in [0.1, 0.15) is 18.2 Å². The van der Waals surface area contributed by atoms with Crippen molar-refractivity contribution in [2.24, 2.45) is 4.99 Å². The molecule has 3 aromatic carbocycles. The number of halogens is 3. The molecule has 1 N–H and O–H groups in total. The van der Waals surface area contributed by atoms with Crippen molar-refractivity contribution in [2.45, 2.75) is 6.61 Å². The number of amidine groups is 1. The van der Waals surface area contributed by atoms with Crippen LogP contribution in [0.15, 0.2) is 81.1 Å². The fourth-order valence-electron chi connectivity index (χ4n) is 2.76. The summed E-state index contributed by atoms with van der Waals surface area (Å²) in [4.78, 5) is 17.3. The number of carbonyl (C=O) groups is 1. The van der Waals surface area contributed by atoms with Crippen molar-refractivity contribution in [1.82, 2.24) is 5.32 Å². The van der Waals surface area contributed by atoms with Crippen molar-refractivity contribution in [3.63, 3.8) is 0 Å². The van der Waals surface area contributed by atoms with Gasteiger partial charge >= 0.3 is 0 Å². The summed E-state index contributed by atoms with van der Waals surface area (Å²) in [6, 6.07) is 18.8. The number of aliphatic imine (C=N–C) groups is 1. The highest BCUT2D eigenvalue weighted by atomic mass is 79.9. The molecule has 0 spiro atoms. The molecule has 1 amide bonds. The van der Waals surface area contributed by atoms with Gasteiger partial charge in [-0.25, -0.2) is 9.38 Å². The van der Waals surface area contributed by atoms with E-state index in [1.807, 2.05) is 42.5 Å². The van der Waals surface area contributed by atoms with Gasteiger partial charge < -0.3 is 10.1 Å². The van der Waals surface area contributed by atoms with Gasteiger partial charge in [-0.1, -0.05) is 39.7 Å². The Morgan fingerprint density at radius 2 is 1.84 bits per heavy atom. The van der Waals surface area contributed by atoms with Crippen molar-refractivity contribution >= 4 is 62.1 Å². The van der Waals surface area contributed by atoms with Crippen LogP contribution in [0.25, 0.3) is 6.08 Å². The topological polar surface area (TPSA) is 50.7 Å². The molecule has 1 aliphatic heterocycles. The summed E-state index contributed by atoms with van der Waals surface area (Å²) in [6.45, 7) is 0.367. The van der Waals surface area contributed by atoms with Crippen LogP contribution in [-0.4, -0.2) is 11.1 Å². The second kappa shape index (κ2) is 9.68. The molecule has 0 saturated carbocycles. The van der Waals surface area contributed by atoms with E-state index >= 15 is 0 Å². The second-order valence-electron chi connectivity index (χ2n) is 6.56. The van der Waals surface area contributed by atoms with Gasteiger partial charge in [0.15, 0.2) is 5.17 Å². The van der Waals surface area contributed by atoms with Crippen LogP contribution >= 0.6 is 39.3 Å². The van der Waals surface area contributed by atoms with E-state index in [4.69, 9.17) is 16.3 Å². The third-order valence-electron chi connectivity index (χ3n) is 4.27. The predicted octanol–water partition coefficient (Wildman–Crippen LogP) is 6.71. The molecule has 8 heteroatoms. The first-order chi connectivity index (χ1) is 15.0. The third-order valence-corrected chi connectivity index (χ3v) is 5.93. The Bertz CT molecular complexity index is 1180. The summed E-state index contributed by atoms with van der Waals surface area (Å²) in [6.07, 6.45) is 1.76. The second-order valence-corrected chi connectivity index (χ2v) is 8.94. The average molecular weight is 518 g/mol. The molecule has 156 valence electrons. The minimum atomic E-state index is -0.339. The van der Waals surface area contributed by atoms with Gasteiger partial charge in [0.05, 0.1) is 10.6 Å². The van der Waals surface area contributed by atoms with E-state index < -0.39 is 0 Å². The van der Waals surface area contributed by atoms with Gasteiger partial charge in [0.25, 0.3) is 5.91 Å². The first-order valence-electron chi connectivity index (χ1n) is 9.18. The first kappa shape index (κ1) is 21.6. The monoisotopic (exact) mass is 516 g/mol. The van der Waals surface area contributed by atoms with E-state index in [-0.39, 0.29) is 11.7 Å². The minimum Gasteiger partial charge on any atom is -0.488 e. The Kier molecular flexibility index (Phi) is 6.75. The maximum absolute atomic E-state index is 13.1. The lowest BCUT2D eigenvalue weighted by atomic mass is 10.2. The SMILES string of the molecule is O=C1NC(=Nc2ccc(F)cc2)S/C1=C/c1cc(Br)ccc1OCc1ccc(Cl)cc1. The molecule has 0 aliphatic carbocycles. The molecule has 31 heavy (non-hydrogen) atoms. The highest BCUT2D eigenvalue weighted by Crippen LogP contribution is 2.32. The summed E-state index contributed by atoms with van der Waals surface area (Å²) in [5.74, 6) is 0.0471. The van der Waals surface area contributed by atoms with Crippen LogP contribution in [0, 0.1) is 5.82 Å². The van der Waals surface area contributed by atoms with Crippen LogP contribution in [-0.2, 0) is 11.4 Å². The average Bonchev–Trinajstić information content (AvgIpc) is 3.09. The molecule has 1 aliphatic rings. The first-order valence-corrected chi connectivity index (χ1v) is 11.2. The minimum absolute atomic E-state index is 0.255. The number of rotatable bonds is 5. The number of nitrogens with one attached hydrogen (secondary N) is 1. The molecule has 0 unspecified atom stereocenters. The number of hydrogen-bond acceptors (Lipinski definition) is 4. The zero-order chi connectivity index (χ0) is 21.8. The Balaban J connectivity index is 1.54. The normalized spacial score (nSPS) is 16.0. The molecular weight excluding hydrogens is 503 g/mol. The molecule has 0 bridgehead atoms. The predicted molar refractivity (Wildman–Crippen MR) is 127 cm³/mol. The largest absolute Gasteiger partial charge is 0.488 e. The molecule has 3 aromatic rings. The van der Waals surface area contributed by atoms with E-state index in [1.54, 1.807) is 18.2 Å². The lowest BCUT2D eigenvalue weighted by Gasteiger charge is -2.10. The van der Waals surface area contributed by atoms with Crippen molar-refractivity contribution in [3.8, 4) is 5.75 Å². The van der Waals surface area contributed by atoms with Crippen LogP contribution in [0.5, 0.6) is 5.75 Å². The summed E-state index contributed by atoms with van der Waals surface area (Å²) >= 11 is 10.6. The Hall–Kier alpha value is -2.61. The molecule has 0 radical (unpaired) electrons. The number of ether oxygens (including phenoxy) is 1. The summed E-state index contributed by atoms with van der Waals surface area (Å²) in [7, 11) is 0. The molecule has 0 atom stereocenters. The van der Waals surface area contributed by atoms with Gasteiger partial charge in [0, 0.05) is 15.1 Å². The van der Waals surface area contributed by atoms with Crippen molar-refractivity contribution in [3.05, 3.63) is 98.1 Å². The van der Waals surface area contributed by atoms with Crippen LogP contribution in [0.3, 0.4) is 0 Å². The molecule has 1 heterocycles. The number of nitrogens with zero attached hydrogens (tertiary/aromatic N) is 1. The Morgan fingerprint density at radius 3 is 2.58 bits per heavy atom. The standard InChI is InChI=1S/C23H15BrClFN2O2S/c24-16-3-10-20(30-13-14-1-4-17(25)5-2-14)15(11-16)12-21-22(29)28-23(31-21)27-19-8-6-18(26)7-9-19/h1-12H,13H2,(H,27,28,29)/b21-12+. The quantitative estimate of drug-likeness (QED) is 0.383. The molecule has 4 nitrogen and oxygen atoms in total.